The summed E-state index contributed by atoms with van der Waals surface area (Å²) >= 11 is 0. The van der Waals surface area contributed by atoms with Crippen LogP contribution in [-0.4, -0.2) is 44.9 Å². The van der Waals surface area contributed by atoms with E-state index in [-0.39, 0.29) is 0 Å². The van der Waals surface area contributed by atoms with E-state index in [0.29, 0.717) is 52.4 Å². The third kappa shape index (κ3) is 12.7. The first-order valence-electron chi connectivity index (χ1n) is 40.3. The van der Waals surface area contributed by atoms with E-state index < -0.39 is 0 Å². The molecule has 6 heterocycles. The van der Waals surface area contributed by atoms with Gasteiger partial charge in [-0.25, -0.2) is 44.9 Å². The summed E-state index contributed by atoms with van der Waals surface area (Å²) in [5, 5.41) is 22.8. The first-order chi connectivity index (χ1) is 59.9. The van der Waals surface area contributed by atoms with Crippen molar-refractivity contribution in [1.29, 1.82) is 0 Å². The third-order valence-corrected chi connectivity index (χ3v) is 22.9. The highest BCUT2D eigenvalue weighted by Gasteiger charge is 2.23. The van der Waals surface area contributed by atoms with Gasteiger partial charge in [-0.3, -0.25) is 0 Å². The molecule has 0 aliphatic carbocycles. The number of benzene rings is 19. The van der Waals surface area contributed by atoms with Gasteiger partial charge in [0.1, 0.15) is 33.5 Å². The maximum absolute atomic E-state index is 6.18. The molecule has 12 nitrogen and oxygen atoms in total. The van der Waals surface area contributed by atoms with E-state index in [1.807, 2.05) is 140 Å². The van der Waals surface area contributed by atoms with Crippen molar-refractivity contribution in [3.63, 3.8) is 0 Å². The van der Waals surface area contributed by atoms with E-state index in [1.54, 1.807) is 0 Å². The van der Waals surface area contributed by atoms with Crippen molar-refractivity contribution in [3.05, 3.63) is 394 Å². The van der Waals surface area contributed by atoms with Gasteiger partial charge in [0.05, 0.1) is 0 Å². The van der Waals surface area contributed by atoms with Gasteiger partial charge in [-0.1, -0.05) is 322 Å². The van der Waals surface area contributed by atoms with E-state index >= 15 is 0 Å². The lowest BCUT2D eigenvalue weighted by molar-refractivity contribution is 0.668. The van der Waals surface area contributed by atoms with E-state index in [1.165, 1.54) is 43.1 Å². The fraction of sp³-hybridized carbons (Fsp3) is 0. The van der Waals surface area contributed by atoms with Crippen LogP contribution in [0.5, 0.6) is 0 Å². The minimum atomic E-state index is 0.610. The molecule has 0 unspecified atom stereocenters. The zero-order chi connectivity index (χ0) is 79.9. The normalized spacial score (nSPS) is 11.6. The Hall–Kier alpha value is -16.6. The molecule has 0 saturated carbocycles. The molecule has 12 heteroatoms. The second-order valence-electron chi connectivity index (χ2n) is 30.2. The van der Waals surface area contributed by atoms with Gasteiger partial charge in [-0.05, 0) is 143 Å². The Bertz CT molecular complexity index is 8250. The Morgan fingerprint density at radius 1 is 0.132 bits per heavy atom. The largest absolute Gasteiger partial charge is 0.456 e. The van der Waals surface area contributed by atoms with Gasteiger partial charge in [0.2, 0.25) is 0 Å². The second kappa shape index (κ2) is 29.3. The van der Waals surface area contributed by atoms with Gasteiger partial charge >= 0.3 is 0 Å². The molecule has 0 spiro atoms. The van der Waals surface area contributed by atoms with Crippen molar-refractivity contribution >= 4 is 141 Å². The zero-order valence-electron chi connectivity index (χ0n) is 64.8. The van der Waals surface area contributed by atoms with E-state index in [2.05, 4.69) is 255 Å². The monoisotopic (exact) mass is 1550 g/mol. The van der Waals surface area contributed by atoms with Crippen molar-refractivity contribution in [2.45, 2.75) is 0 Å². The molecule has 19 aromatic carbocycles. The number of nitrogens with zero attached hydrogens (tertiary/aromatic N) is 9. The van der Waals surface area contributed by atoms with Crippen molar-refractivity contribution in [2.24, 2.45) is 0 Å². The number of hydrogen-bond donors (Lipinski definition) is 0. The number of hydrogen-bond acceptors (Lipinski definition) is 12. The Morgan fingerprint density at radius 3 is 1.05 bits per heavy atom. The molecule has 0 bridgehead atoms. The number of fused-ring (bicyclic) bond motifs is 19. The van der Waals surface area contributed by atoms with Gasteiger partial charge in [0.15, 0.2) is 52.4 Å². The van der Waals surface area contributed by atoms with E-state index in [9.17, 15) is 0 Å². The molecule has 0 atom stereocenters. The summed E-state index contributed by atoms with van der Waals surface area (Å²) in [4.78, 5) is 45.3. The van der Waals surface area contributed by atoms with Gasteiger partial charge in [0, 0.05) is 87.8 Å². The predicted octanol–water partition coefficient (Wildman–Crippen LogP) is 28.4. The molecule has 0 radical (unpaired) electrons. The summed E-state index contributed by atoms with van der Waals surface area (Å²) in [5.74, 6) is 5.69. The molecule has 0 fully saturated rings. The molecule has 0 amide bonds. The number of furan rings is 3. The summed E-state index contributed by atoms with van der Waals surface area (Å²) in [7, 11) is 0. The summed E-state index contributed by atoms with van der Waals surface area (Å²) < 4.78 is 18.5. The SMILES string of the molecule is c1ccc(-c2nc(-c3ccc4c(c3)oc3ccccc34)nc(-c3cc4ccccc4c4ccccc34)n2)cc1.c1ccc(-c2nc(-c3ccc4c(c3)oc3ccccc34)nc(-c3cccc4ccc5ccccc5c34)n2)cc1.c1ccc2cc(-c3nc(-c4ccc5oc6ccccc6c5c4)nc(-c4cccc5c4ccc4ccccc45)n3)ccc2c1. The molecule has 0 aliphatic rings. The highest BCUT2D eigenvalue weighted by molar-refractivity contribution is 6.16. The summed E-state index contributed by atoms with van der Waals surface area (Å²) in [5.41, 5.74) is 13.5. The standard InChI is InChI=1S/C39H23N3O.2C35H21N3O/c1-2-10-26-22-27(17-16-24(26)8-1)37-40-38(28-19-21-36-34(23-28)32-12-5-6-15-35(32)43-36)42-39(41-37)33-14-7-13-30-29-11-4-3-9-25(29)18-20-31(30)33;1-2-10-22(11-3-1)33-36-34(24-18-19-29-28-16-8-9-17-31(28)39-32(29)21-24)38-35(37-33)30-20-23-12-4-5-13-25(23)26-14-6-7-15-27(26)30;1-2-10-24(11-3-1)33-36-34(25-19-20-28-27-14-6-7-16-30(27)39-31(28)21-25)38-35(37-33)29-15-8-12-23-18-17-22-9-4-5-13-26(22)32(23)29/h1-23H;2*1-21H. The Balaban J connectivity index is 0.000000106. The van der Waals surface area contributed by atoms with E-state index in [0.717, 1.165) is 148 Å². The van der Waals surface area contributed by atoms with Crippen molar-refractivity contribution in [3.8, 4) is 102 Å². The minimum absolute atomic E-state index is 0.610. The average molecular weight is 1550 g/mol. The van der Waals surface area contributed by atoms with Crippen LogP contribution in [-0.2, 0) is 0 Å². The average Bonchev–Trinajstić information content (AvgIpc) is 1.73. The zero-order valence-corrected chi connectivity index (χ0v) is 64.8. The Labute approximate surface area is 691 Å². The molecule has 0 N–H and O–H groups in total. The van der Waals surface area contributed by atoms with Crippen LogP contribution in [0.1, 0.15) is 0 Å². The molecule has 564 valence electrons. The lowest BCUT2D eigenvalue weighted by Gasteiger charge is -2.12. The second-order valence-corrected chi connectivity index (χ2v) is 30.2. The lowest BCUT2D eigenvalue weighted by Crippen LogP contribution is -2.00. The Kier molecular flexibility index (Phi) is 16.9. The van der Waals surface area contributed by atoms with Crippen molar-refractivity contribution in [2.75, 3.05) is 0 Å². The van der Waals surface area contributed by atoms with Crippen LogP contribution in [0.4, 0.5) is 0 Å². The van der Waals surface area contributed by atoms with Gasteiger partial charge in [-0.2, -0.15) is 0 Å². The first kappa shape index (κ1) is 69.9. The van der Waals surface area contributed by atoms with Crippen LogP contribution in [0.3, 0.4) is 0 Å². The highest BCUT2D eigenvalue weighted by atomic mass is 16.3. The molecule has 25 aromatic rings. The van der Waals surface area contributed by atoms with Crippen LogP contribution < -0.4 is 0 Å². The molecule has 0 aliphatic heterocycles. The van der Waals surface area contributed by atoms with Gasteiger partial charge in [0.25, 0.3) is 0 Å². The highest BCUT2D eigenvalue weighted by Crippen LogP contribution is 2.42. The quantitative estimate of drug-likeness (QED) is 0.126. The van der Waals surface area contributed by atoms with Crippen LogP contribution in [0.15, 0.2) is 408 Å². The smallest absolute Gasteiger partial charge is 0.164 e. The molecule has 121 heavy (non-hydrogen) atoms. The molecular weight excluding hydrogens is 1480 g/mol. The maximum atomic E-state index is 6.18. The molecule has 25 rings (SSSR count). The summed E-state index contributed by atoms with van der Waals surface area (Å²) in [6, 6.07) is 135. The van der Waals surface area contributed by atoms with Crippen LogP contribution in [0, 0.1) is 0 Å². The molecular formula is C109H65N9O3. The fourth-order valence-electron chi connectivity index (χ4n) is 17.1. The Morgan fingerprint density at radius 2 is 0.455 bits per heavy atom. The first-order valence-corrected chi connectivity index (χ1v) is 40.3. The third-order valence-electron chi connectivity index (χ3n) is 22.9. The minimum Gasteiger partial charge on any atom is -0.456 e. The van der Waals surface area contributed by atoms with Crippen LogP contribution in [0.25, 0.3) is 244 Å². The van der Waals surface area contributed by atoms with E-state index in [4.69, 9.17) is 58.1 Å². The molecule has 0 saturated heterocycles. The lowest BCUT2D eigenvalue weighted by atomic mass is 9.97. The fourth-order valence-corrected chi connectivity index (χ4v) is 17.1. The molecule has 6 aromatic heterocycles. The predicted molar refractivity (Wildman–Crippen MR) is 493 cm³/mol. The van der Waals surface area contributed by atoms with Gasteiger partial charge in [-0.15, -0.1) is 0 Å². The maximum Gasteiger partial charge on any atom is 0.164 e. The topological polar surface area (TPSA) is 155 Å². The number of para-hydroxylation sites is 3. The summed E-state index contributed by atoms with van der Waals surface area (Å²) in [6.45, 7) is 0. The summed E-state index contributed by atoms with van der Waals surface area (Å²) in [6.07, 6.45) is 0. The van der Waals surface area contributed by atoms with Gasteiger partial charge < -0.3 is 13.3 Å². The van der Waals surface area contributed by atoms with Crippen LogP contribution in [0.2, 0.25) is 0 Å². The van der Waals surface area contributed by atoms with Crippen molar-refractivity contribution in [1.82, 2.24) is 44.9 Å². The number of rotatable bonds is 9. The van der Waals surface area contributed by atoms with Crippen molar-refractivity contribution < 1.29 is 13.3 Å². The van der Waals surface area contributed by atoms with Crippen LogP contribution >= 0.6 is 0 Å². The number of aromatic nitrogens is 9.